The van der Waals surface area contributed by atoms with Gasteiger partial charge in [-0.2, -0.15) is 0 Å². The quantitative estimate of drug-likeness (QED) is 0.815. The summed E-state index contributed by atoms with van der Waals surface area (Å²) in [7, 11) is 0. The molecule has 3 atom stereocenters. The number of benzene rings is 1. The number of thiazole rings is 1. The van der Waals surface area contributed by atoms with Gasteiger partial charge in [0.1, 0.15) is 11.0 Å². The Morgan fingerprint density at radius 2 is 2.15 bits per heavy atom. The molecule has 3 saturated heterocycles. The number of aryl methyl sites for hydroxylation is 1. The molecule has 6 nitrogen and oxygen atoms in total. The van der Waals surface area contributed by atoms with Crippen molar-refractivity contribution in [1.82, 2.24) is 14.8 Å². The fraction of sp³-hybridized carbons (Fsp3) is 0.421. The zero-order chi connectivity index (χ0) is 17.9. The third-order valence-corrected chi connectivity index (χ3v) is 6.72. The summed E-state index contributed by atoms with van der Waals surface area (Å²) in [5.74, 6) is 0.0419. The Bertz CT molecular complexity index is 883. The van der Waals surface area contributed by atoms with Gasteiger partial charge in [-0.15, -0.1) is 11.3 Å². The summed E-state index contributed by atoms with van der Waals surface area (Å²) in [6.07, 6.45) is 0.865. The molecule has 2 aromatic rings. The van der Waals surface area contributed by atoms with Gasteiger partial charge in [0.05, 0.1) is 30.2 Å². The smallest absolute Gasteiger partial charge is 0.266 e. The first-order chi connectivity index (χ1) is 12.6. The van der Waals surface area contributed by atoms with E-state index in [0.717, 1.165) is 11.3 Å². The monoisotopic (exact) mass is 369 g/mol. The van der Waals surface area contributed by atoms with Crippen LogP contribution >= 0.6 is 11.3 Å². The Labute approximate surface area is 155 Å². The average molecular weight is 369 g/mol. The molecule has 0 bridgehead atoms. The summed E-state index contributed by atoms with van der Waals surface area (Å²) in [4.78, 5) is 34.2. The maximum Gasteiger partial charge on any atom is 0.266 e. The SMILES string of the molecule is Cc1ncsc1C(=O)N1CC[C@@]23O[C@@H](c4ccccc4)CN2C(=O)C[C@@H]13. The van der Waals surface area contributed by atoms with Crippen LogP contribution in [0.4, 0.5) is 0 Å². The van der Waals surface area contributed by atoms with Gasteiger partial charge in [-0.05, 0) is 12.5 Å². The Kier molecular flexibility index (Phi) is 3.45. The molecule has 0 radical (unpaired) electrons. The predicted octanol–water partition coefficient (Wildman–Crippen LogP) is 2.37. The first-order valence-electron chi connectivity index (χ1n) is 8.84. The molecule has 5 rings (SSSR count). The van der Waals surface area contributed by atoms with Gasteiger partial charge in [0.15, 0.2) is 5.72 Å². The van der Waals surface area contributed by atoms with Crippen molar-refractivity contribution >= 4 is 23.2 Å². The highest BCUT2D eigenvalue weighted by Crippen LogP contribution is 2.51. The minimum atomic E-state index is -0.675. The van der Waals surface area contributed by atoms with Crippen molar-refractivity contribution in [3.63, 3.8) is 0 Å². The zero-order valence-corrected chi connectivity index (χ0v) is 15.2. The Balaban J connectivity index is 1.46. The molecule has 1 aromatic carbocycles. The van der Waals surface area contributed by atoms with Gasteiger partial charge in [0.25, 0.3) is 5.91 Å². The van der Waals surface area contributed by atoms with Crippen LogP contribution in [0.3, 0.4) is 0 Å². The van der Waals surface area contributed by atoms with Crippen molar-refractivity contribution in [1.29, 1.82) is 0 Å². The predicted molar refractivity (Wildman–Crippen MR) is 95.6 cm³/mol. The molecule has 4 heterocycles. The number of likely N-dealkylation sites (tertiary alicyclic amines) is 1. The molecule has 3 aliphatic rings. The van der Waals surface area contributed by atoms with Gasteiger partial charge in [-0.25, -0.2) is 4.98 Å². The van der Waals surface area contributed by atoms with Crippen LogP contribution in [-0.4, -0.2) is 51.5 Å². The zero-order valence-electron chi connectivity index (χ0n) is 14.4. The average Bonchev–Trinajstić information content (AvgIpc) is 3.37. The normalized spacial score (nSPS) is 30.0. The molecule has 0 N–H and O–H groups in total. The summed E-state index contributed by atoms with van der Waals surface area (Å²) < 4.78 is 6.48. The molecule has 1 spiro atoms. The highest BCUT2D eigenvalue weighted by molar-refractivity contribution is 7.11. The van der Waals surface area contributed by atoms with E-state index in [9.17, 15) is 9.59 Å². The van der Waals surface area contributed by atoms with E-state index in [2.05, 4.69) is 4.98 Å². The summed E-state index contributed by atoms with van der Waals surface area (Å²) in [5.41, 5.74) is 2.84. The van der Waals surface area contributed by atoms with Crippen LogP contribution in [0, 0.1) is 6.92 Å². The van der Waals surface area contributed by atoms with E-state index in [1.807, 2.05) is 47.1 Å². The maximum atomic E-state index is 13.0. The molecule has 3 aliphatic heterocycles. The maximum absolute atomic E-state index is 13.0. The van der Waals surface area contributed by atoms with E-state index in [1.54, 1.807) is 5.51 Å². The molecule has 26 heavy (non-hydrogen) atoms. The van der Waals surface area contributed by atoms with E-state index in [0.29, 0.717) is 30.8 Å². The van der Waals surface area contributed by atoms with Crippen molar-refractivity contribution in [3.8, 4) is 0 Å². The molecule has 0 saturated carbocycles. The standard InChI is InChI=1S/C19H19N3O3S/c1-12-17(26-11-20-12)18(24)21-8-7-19-15(21)9-16(23)22(19)10-14(25-19)13-5-3-2-4-6-13/h2-6,11,14-15H,7-10H2,1H3/t14-,15-,19+/m1/s1. The fourth-order valence-corrected chi connectivity index (χ4v) is 5.30. The Hall–Kier alpha value is -2.25. The lowest BCUT2D eigenvalue weighted by Crippen LogP contribution is -2.48. The molecule has 0 aliphatic carbocycles. The Morgan fingerprint density at radius 3 is 2.88 bits per heavy atom. The Morgan fingerprint density at radius 1 is 1.35 bits per heavy atom. The number of carbonyl (C=O) groups excluding carboxylic acids is 2. The summed E-state index contributed by atoms with van der Waals surface area (Å²) >= 11 is 1.36. The van der Waals surface area contributed by atoms with Gasteiger partial charge in [-0.1, -0.05) is 30.3 Å². The third-order valence-electron chi connectivity index (χ3n) is 5.80. The lowest BCUT2D eigenvalue weighted by atomic mass is 10.1. The van der Waals surface area contributed by atoms with Crippen LogP contribution in [-0.2, 0) is 9.53 Å². The number of hydrogen-bond donors (Lipinski definition) is 0. The summed E-state index contributed by atoms with van der Waals surface area (Å²) in [6, 6.07) is 9.77. The first kappa shape index (κ1) is 16.0. The number of ether oxygens (including phenoxy) is 1. The molecule has 3 fully saturated rings. The number of nitrogens with zero attached hydrogens (tertiary/aromatic N) is 3. The number of amides is 2. The topological polar surface area (TPSA) is 62.7 Å². The van der Waals surface area contributed by atoms with Crippen molar-refractivity contribution in [3.05, 3.63) is 52.0 Å². The van der Waals surface area contributed by atoms with Crippen LogP contribution in [0.2, 0.25) is 0 Å². The van der Waals surface area contributed by atoms with E-state index >= 15 is 0 Å². The number of rotatable bonds is 2. The van der Waals surface area contributed by atoms with Gasteiger partial charge in [0, 0.05) is 13.0 Å². The molecule has 0 unspecified atom stereocenters. The molecule has 134 valence electrons. The van der Waals surface area contributed by atoms with Crippen molar-refractivity contribution in [2.75, 3.05) is 13.1 Å². The van der Waals surface area contributed by atoms with Crippen LogP contribution in [0.15, 0.2) is 35.8 Å². The summed E-state index contributed by atoms with van der Waals surface area (Å²) in [6.45, 7) is 3.01. The minimum Gasteiger partial charge on any atom is -0.343 e. The second-order valence-corrected chi connectivity index (χ2v) is 7.96. The third kappa shape index (κ3) is 2.10. The molecule has 2 amide bonds. The van der Waals surface area contributed by atoms with E-state index in [4.69, 9.17) is 4.74 Å². The molecular weight excluding hydrogens is 350 g/mol. The second kappa shape index (κ2) is 5.62. The summed E-state index contributed by atoms with van der Waals surface area (Å²) in [5, 5.41) is 0. The van der Waals surface area contributed by atoms with Crippen molar-refractivity contribution in [2.24, 2.45) is 0 Å². The highest BCUT2D eigenvalue weighted by Gasteiger charge is 2.65. The molecular formula is C19H19N3O3S. The van der Waals surface area contributed by atoms with E-state index < -0.39 is 5.72 Å². The first-order valence-corrected chi connectivity index (χ1v) is 9.72. The van der Waals surface area contributed by atoms with Gasteiger partial charge >= 0.3 is 0 Å². The second-order valence-electron chi connectivity index (χ2n) is 7.10. The molecule has 1 aromatic heterocycles. The van der Waals surface area contributed by atoms with Crippen LogP contribution in [0.5, 0.6) is 0 Å². The number of carbonyl (C=O) groups is 2. The van der Waals surface area contributed by atoms with E-state index in [1.165, 1.54) is 11.3 Å². The number of hydrogen-bond acceptors (Lipinski definition) is 5. The fourth-order valence-electron chi connectivity index (χ4n) is 4.55. The van der Waals surface area contributed by atoms with Gasteiger partial charge in [-0.3, -0.25) is 9.59 Å². The minimum absolute atomic E-state index is 0.0340. The highest BCUT2D eigenvalue weighted by atomic mass is 32.1. The van der Waals surface area contributed by atoms with Crippen LogP contribution in [0.25, 0.3) is 0 Å². The largest absolute Gasteiger partial charge is 0.343 e. The van der Waals surface area contributed by atoms with Crippen molar-refractivity contribution < 1.29 is 14.3 Å². The van der Waals surface area contributed by atoms with Crippen LogP contribution in [0.1, 0.15) is 39.9 Å². The lowest BCUT2D eigenvalue weighted by molar-refractivity contribution is -0.138. The van der Waals surface area contributed by atoms with Gasteiger partial charge in [0.2, 0.25) is 5.91 Å². The van der Waals surface area contributed by atoms with E-state index in [-0.39, 0.29) is 24.0 Å². The van der Waals surface area contributed by atoms with Gasteiger partial charge < -0.3 is 14.5 Å². The number of aromatic nitrogens is 1. The van der Waals surface area contributed by atoms with Crippen molar-refractivity contribution in [2.45, 2.75) is 37.6 Å². The molecule has 7 heteroatoms. The lowest BCUT2D eigenvalue weighted by Gasteiger charge is -2.31. The van der Waals surface area contributed by atoms with Crippen LogP contribution < -0.4 is 0 Å².